The first kappa shape index (κ1) is 13.1. The molecule has 5 nitrogen and oxygen atoms in total. The second-order valence-electron chi connectivity index (χ2n) is 4.19. The zero-order chi connectivity index (χ0) is 14.2. The molecule has 1 aromatic rings. The Hall–Kier alpha value is -2.31. The molecule has 1 fully saturated rings. The van der Waals surface area contributed by atoms with E-state index in [9.17, 15) is 23.2 Å². The zero-order valence-electron chi connectivity index (χ0n) is 9.94. The van der Waals surface area contributed by atoms with E-state index in [0.29, 0.717) is 0 Å². The molecule has 0 aromatic heterocycles. The van der Waals surface area contributed by atoms with Gasteiger partial charge in [0.15, 0.2) is 11.6 Å². The number of carbonyl (C=O) groups excluding carboxylic acids is 3. The first-order valence-electron chi connectivity index (χ1n) is 5.50. The summed E-state index contributed by atoms with van der Waals surface area (Å²) in [6.07, 6.45) is 0. The van der Waals surface area contributed by atoms with Crippen LogP contribution in [0.2, 0.25) is 0 Å². The minimum atomic E-state index is -1.06. The third-order valence-corrected chi connectivity index (χ3v) is 2.83. The van der Waals surface area contributed by atoms with Crippen molar-refractivity contribution in [3.05, 3.63) is 35.4 Å². The molecule has 19 heavy (non-hydrogen) atoms. The van der Waals surface area contributed by atoms with Crippen molar-refractivity contribution in [3.8, 4) is 0 Å². The molecule has 1 saturated heterocycles. The van der Waals surface area contributed by atoms with E-state index in [2.05, 4.69) is 0 Å². The van der Waals surface area contributed by atoms with E-state index in [1.165, 1.54) is 13.0 Å². The van der Waals surface area contributed by atoms with Gasteiger partial charge in [0, 0.05) is 0 Å². The predicted octanol–water partition coefficient (Wildman–Crippen LogP) is 1.18. The van der Waals surface area contributed by atoms with E-state index >= 15 is 0 Å². The minimum Gasteiger partial charge on any atom is -0.277 e. The normalized spacial score (nSPS) is 19.6. The van der Waals surface area contributed by atoms with Crippen LogP contribution < -0.4 is 5.32 Å². The van der Waals surface area contributed by atoms with Gasteiger partial charge >= 0.3 is 6.03 Å². The van der Waals surface area contributed by atoms with Crippen LogP contribution in [-0.4, -0.2) is 22.7 Å². The van der Waals surface area contributed by atoms with E-state index in [0.717, 1.165) is 17.0 Å². The first-order valence-corrected chi connectivity index (χ1v) is 5.50. The number of carbonyl (C=O) groups is 3. The van der Waals surface area contributed by atoms with Crippen molar-refractivity contribution >= 4 is 17.8 Å². The monoisotopic (exact) mass is 268 g/mol. The quantitative estimate of drug-likeness (QED) is 0.819. The van der Waals surface area contributed by atoms with E-state index in [1.54, 1.807) is 0 Å². The molecule has 1 N–H and O–H groups in total. The van der Waals surface area contributed by atoms with E-state index < -0.39 is 35.4 Å². The van der Waals surface area contributed by atoms with Crippen LogP contribution in [0.15, 0.2) is 18.2 Å². The molecule has 7 heteroatoms. The molecule has 0 aliphatic carbocycles. The number of amides is 4. The number of rotatable bonds is 2. The van der Waals surface area contributed by atoms with Gasteiger partial charge in [-0.05, 0) is 24.6 Å². The van der Waals surface area contributed by atoms with Gasteiger partial charge in [-0.1, -0.05) is 6.07 Å². The van der Waals surface area contributed by atoms with Gasteiger partial charge in [0.25, 0.3) is 0 Å². The van der Waals surface area contributed by atoms with Crippen molar-refractivity contribution in [3.63, 3.8) is 0 Å². The van der Waals surface area contributed by atoms with Crippen molar-refractivity contribution < 1.29 is 23.2 Å². The number of halogens is 2. The maximum absolute atomic E-state index is 13.0. The van der Waals surface area contributed by atoms with Gasteiger partial charge in [0.1, 0.15) is 5.92 Å². The molecule has 4 amide bonds. The van der Waals surface area contributed by atoms with Crippen LogP contribution in [0.5, 0.6) is 0 Å². The molecule has 0 spiro atoms. The average Bonchev–Trinajstić information content (AvgIpc) is 2.36. The van der Waals surface area contributed by atoms with Crippen molar-refractivity contribution in [1.29, 1.82) is 0 Å². The maximum Gasteiger partial charge on any atom is 0.331 e. The fraction of sp³-hybridized carbons (Fsp3) is 0.250. The molecule has 1 atom stereocenters. The van der Waals surface area contributed by atoms with Crippen molar-refractivity contribution in [2.75, 3.05) is 0 Å². The van der Waals surface area contributed by atoms with Crippen LogP contribution in [0.25, 0.3) is 0 Å². The largest absolute Gasteiger partial charge is 0.331 e. The third-order valence-electron chi connectivity index (χ3n) is 2.83. The zero-order valence-corrected chi connectivity index (χ0v) is 9.94. The summed E-state index contributed by atoms with van der Waals surface area (Å²) < 4.78 is 25.8. The fourth-order valence-corrected chi connectivity index (χ4v) is 1.70. The number of benzene rings is 1. The Morgan fingerprint density at radius 1 is 1.21 bits per heavy atom. The summed E-state index contributed by atoms with van der Waals surface area (Å²) in [6.45, 7) is 1.14. The molecule has 1 aliphatic rings. The standard InChI is InChI=1S/C12H10F2N2O3/c1-6-10(17)15-12(19)16(11(6)18)5-7-2-3-8(13)9(14)4-7/h2-4,6H,5H2,1H3,(H,15,17,19). The lowest BCUT2D eigenvalue weighted by Crippen LogP contribution is -2.56. The minimum absolute atomic E-state index is 0.223. The SMILES string of the molecule is CC1C(=O)NC(=O)N(Cc2ccc(F)c(F)c2)C1=O. The average molecular weight is 268 g/mol. The number of nitrogens with zero attached hydrogens (tertiary/aromatic N) is 1. The molecule has 0 radical (unpaired) electrons. The van der Waals surface area contributed by atoms with Crippen LogP contribution in [0.4, 0.5) is 13.6 Å². The van der Waals surface area contributed by atoms with Gasteiger partial charge in [0.05, 0.1) is 6.54 Å². The lowest BCUT2D eigenvalue weighted by atomic mass is 10.1. The summed E-state index contributed by atoms with van der Waals surface area (Å²) in [6, 6.07) is 2.21. The summed E-state index contributed by atoms with van der Waals surface area (Å²) in [5, 5.41) is 2.02. The second kappa shape index (κ2) is 4.75. The lowest BCUT2D eigenvalue weighted by Gasteiger charge is -2.28. The Kier molecular flexibility index (Phi) is 3.28. The van der Waals surface area contributed by atoms with Gasteiger partial charge in [-0.15, -0.1) is 0 Å². The number of barbiturate groups is 1. The number of imide groups is 2. The highest BCUT2D eigenvalue weighted by Gasteiger charge is 2.37. The molecule has 1 unspecified atom stereocenters. The van der Waals surface area contributed by atoms with Gasteiger partial charge in [0.2, 0.25) is 11.8 Å². The summed E-state index contributed by atoms with van der Waals surface area (Å²) in [5.74, 6) is -4.40. The number of hydrogen-bond donors (Lipinski definition) is 1. The van der Waals surface area contributed by atoms with Crippen molar-refractivity contribution in [2.45, 2.75) is 13.5 Å². The van der Waals surface area contributed by atoms with Crippen molar-refractivity contribution in [2.24, 2.45) is 5.92 Å². The fourth-order valence-electron chi connectivity index (χ4n) is 1.70. The molecular weight excluding hydrogens is 258 g/mol. The maximum atomic E-state index is 13.0. The topological polar surface area (TPSA) is 66.5 Å². The van der Waals surface area contributed by atoms with Gasteiger partial charge in [-0.2, -0.15) is 0 Å². The molecule has 2 rings (SSSR count). The summed E-state index contributed by atoms with van der Waals surface area (Å²) >= 11 is 0. The Morgan fingerprint density at radius 2 is 1.89 bits per heavy atom. The van der Waals surface area contributed by atoms with Crippen LogP contribution in [0, 0.1) is 17.6 Å². The second-order valence-corrected chi connectivity index (χ2v) is 4.19. The van der Waals surface area contributed by atoms with Gasteiger partial charge in [-0.3, -0.25) is 19.8 Å². The molecule has 0 bridgehead atoms. The summed E-state index contributed by atoms with van der Waals surface area (Å²) in [5.41, 5.74) is 0.254. The van der Waals surface area contributed by atoms with Gasteiger partial charge in [-0.25, -0.2) is 13.6 Å². The third kappa shape index (κ3) is 2.44. The van der Waals surface area contributed by atoms with Crippen LogP contribution >= 0.6 is 0 Å². The molecular formula is C12H10F2N2O3. The molecule has 100 valence electrons. The Morgan fingerprint density at radius 3 is 2.53 bits per heavy atom. The molecule has 1 aromatic carbocycles. The predicted molar refractivity (Wildman–Crippen MR) is 59.6 cm³/mol. The number of urea groups is 1. The lowest BCUT2D eigenvalue weighted by molar-refractivity contribution is -0.142. The Bertz CT molecular complexity index is 574. The van der Waals surface area contributed by atoms with Crippen molar-refractivity contribution in [1.82, 2.24) is 10.2 Å². The van der Waals surface area contributed by atoms with Crippen LogP contribution in [0.3, 0.4) is 0 Å². The highest BCUT2D eigenvalue weighted by atomic mass is 19.2. The van der Waals surface area contributed by atoms with Gasteiger partial charge < -0.3 is 0 Å². The smallest absolute Gasteiger partial charge is 0.277 e. The van der Waals surface area contributed by atoms with E-state index in [-0.39, 0.29) is 12.1 Å². The Labute approximate surface area is 107 Å². The van der Waals surface area contributed by atoms with E-state index in [1.807, 2.05) is 5.32 Å². The van der Waals surface area contributed by atoms with Crippen LogP contribution in [-0.2, 0) is 16.1 Å². The summed E-state index contributed by atoms with van der Waals surface area (Å²) in [4.78, 5) is 35.3. The number of hydrogen-bond acceptors (Lipinski definition) is 3. The first-order chi connectivity index (χ1) is 8.90. The Balaban J connectivity index is 2.22. The molecule has 1 aliphatic heterocycles. The summed E-state index contributed by atoms with van der Waals surface area (Å²) in [7, 11) is 0. The highest BCUT2D eigenvalue weighted by molar-refractivity contribution is 6.15. The molecule has 0 saturated carbocycles. The van der Waals surface area contributed by atoms with Crippen LogP contribution in [0.1, 0.15) is 12.5 Å². The van der Waals surface area contributed by atoms with E-state index in [4.69, 9.17) is 0 Å². The molecule has 1 heterocycles. The number of nitrogens with one attached hydrogen (secondary N) is 1. The highest BCUT2D eigenvalue weighted by Crippen LogP contribution is 2.15.